The Morgan fingerprint density at radius 1 is 1.31 bits per heavy atom. The van der Waals surface area contributed by atoms with Gasteiger partial charge in [0.25, 0.3) is 0 Å². The highest BCUT2D eigenvalue weighted by Gasteiger charge is 2.19. The van der Waals surface area contributed by atoms with Crippen LogP contribution < -0.4 is 5.90 Å². The molecule has 0 amide bonds. The molecule has 0 atom stereocenters. The molecule has 3 heteroatoms. The van der Waals surface area contributed by atoms with Gasteiger partial charge >= 0.3 is 0 Å². The van der Waals surface area contributed by atoms with Crippen LogP contribution in [0.4, 0.5) is 0 Å². The Balaban J connectivity index is 2.04. The Bertz CT molecular complexity index is 267. The second-order valence-corrected chi connectivity index (χ2v) is 3.29. The first-order valence-electron chi connectivity index (χ1n) is 4.38. The predicted molar refractivity (Wildman–Crippen MR) is 49.0 cm³/mol. The molecule has 70 valence electrons. The Labute approximate surface area is 77.4 Å². The first-order chi connectivity index (χ1) is 6.40. The van der Waals surface area contributed by atoms with Crippen molar-refractivity contribution in [2.24, 2.45) is 5.90 Å². The van der Waals surface area contributed by atoms with Crippen molar-refractivity contribution in [1.29, 1.82) is 0 Å². The van der Waals surface area contributed by atoms with Crippen LogP contribution in [-0.2, 0) is 16.2 Å². The average Bonchev–Trinajstić information content (AvgIpc) is 2.06. The Kier molecular flexibility index (Phi) is 2.59. The second-order valence-electron chi connectivity index (χ2n) is 3.29. The van der Waals surface area contributed by atoms with Crippen LogP contribution in [-0.4, -0.2) is 13.2 Å². The highest BCUT2D eigenvalue weighted by Crippen LogP contribution is 2.23. The summed E-state index contributed by atoms with van der Waals surface area (Å²) >= 11 is 0. The summed E-state index contributed by atoms with van der Waals surface area (Å²) < 4.78 is 5.12. The van der Waals surface area contributed by atoms with Crippen molar-refractivity contribution in [1.82, 2.24) is 0 Å². The summed E-state index contributed by atoms with van der Waals surface area (Å²) in [5, 5.41) is 0. The number of nitrogens with two attached hydrogens (primary N) is 1. The van der Waals surface area contributed by atoms with E-state index in [0.717, 1.165) is 18.8 Å². The summed E-state index contributed by atoms with van der Waals surface area (Å²) in [6.45, 7) is 2.18. The summed E-state index contributed by atoms with van der Waals surface area (Å²) in [5.41, 5.74) is 2.44. The third kappa shape index (κ3) is 1.88. The van der Waals surface area contributed by atoms with E-state index in [2.05, 4.69) is 17.0 Å². The van der Waals surface area contributed by atoms with Gasteiger partial charge in [0.05, 0.1) is 19.8 Å². The molecule has 0 spiro atoms. The molecule has 1 aliphatic heterocycles. The summed E-state index contributed by atoms with van der Waals surface area (Å²) in [7, 11) is 0. The summed E-state index contributed by atoms with van der Waals surface area (Å²) in [6, 6.07) is 8.31. The highest BCUT2D eigenvalue weighted by molar-refractivity contribution is 5.26. The molecule has 1 fully saturated rings. The van der Waals surface area contributed by atoms with Gasteiger partial charge in [-0.1, -0.05) is 24.3 Å². The van der Waals surface area contributed by atoms with Crippen LogP contribution in [0.25, 0.3) is 0 Å². The molecule has 0 bridgehead atoms. The SMILES string of the molecule is NOCc1ccc(C2COC2)cc1. The monoisotopic (exact) mass is 179 g/mol. The van der Waals surface area contributed by atoms with Crippen molar-refractivity contribution in [3.05, 3.63) is 35.4 Å². The van der Waals surface area contributed by atoms with Crippen molar-refractivity contribution in [3.63, 3.8) is 0 Å². The maximum Gasteiger partial charge on any atom is 0.0930 e. The molecular weight excluding hydrogens is 166 g/mol. The van der Waals surface area contributed by atoms with Gasteiger partial charge in [0.1, 0.15) is 0 Å². The Hall–Kier alpha value is -0.900. The summed E-state index contributed by atoms with van der Waals surface area (Å²) in [4.78, 5) is 4.54. The van der Waals surface area contributed by atoms with Gasteiger partial charge in [0.15, 0.2) is 0 Å². The van der Waals surface area contributed by atoms with Gasteiger partial charge in [-0.25, -0.2) is 5.90 Å². The zero-order chi connectivity index (χ0) is 9.10. The number of benzene rings is 1. The quantitative estimate of drug-likeness (QED) is 0.709. The zero-order valence-corrected chi connectivity index (χ0v) is 7.40. The Morgan fingerprint density at radius 3 is 2.46 bits per heavy atom. The molecule has 1 saturated heterocycles. The van der Waals surface area contributed by atoms with Crippen LogP contribution in [0.2, 0.25) is 0 Å². The maximum atomic E-state index is 5.12. The van der Waals surface area contributed by atoms with Crippen LogP contribution in [0, 0.1) is 0 Å². The molecule has 13 heavy (non-hydrogen) atoms. The van der Waals surface area contributed by atoms with E-state index >= 15 is 0 Å². The average molecular weight is 179 g/mol. The highest BCUT2D eigenvalue weighted by atomic mass is 16.6. The normalized spacial score (nSPS) is 17.0. The van der Waals surface area contributed by atoms with E-state index in [4.69, 9.17) is 10.6 Å². The molecule has 0 radical (unpaired) electrons. The van der Waals surface area contributed by atoms with Crippen molar-refractivity contribution in [2.75, 3.05) is 13.2 Å². The lowest BCUT2D eigenvalue weighted by atomic mass is 9.97. The molecular formula is C10H13NO2. The lowest BCUT2D eigenvalue weighted by Gasteiger charge is -2.26. The minimum Gasteiger partial charge on any atom is -0.380 e. The lowest BCUT2D eigenvalue weighted by Crippen LogP contribution is -2.24. The molecule has 2 N–H and O–H groups in total. The van der Waals surface area contributed by atoms with E-state index < -0.39 is 0 Å². The van der Waals surface area contributed by atoms with Gasteiger partial charge in [0, 0.05) is 5.92 Å². The number of rotatable bonds is 3. The van der Waals surface area contributed by atoms with E-state index in [-0.39, 0.29) is 0 Å². The minimum absolute atomic E-state index is 0.474. The molecule has 1 aliphatic rings. The first-order valence-corrected chi connectivity index (χ1v) is 4.38. The first kappa shape index (κ1) is 8.69. The van der Waals surface area contributed by atoms with Gasteiger partial charge in [-0.2, -0.15) is 0 Å². The van der Waals surface area contributed by atoms with E-state index in [1.54, 1.807) is 0 Å². The van der Waals surface area contributed by atoms with Crippen molar-refractivity contribution < 1.29 is 9.57 Å². The smallest absolute Gasteiger partial charge is 0.0930 e. The third-order valence-electron chi connectivity index (χ3n) is 2.34. The molecule has 1 aromatic carbocycles. The molecule has 0 unspecified atom stereocenters. The topological polar surface area (TPSA) is 44.5 Å². The fourth-order valence-electron chi connectivity index (χ4n) is 1.41. The zero-order valence-electron chi connectivity index (χ0n) is 7.40. The fourth-order valence-corrected chi connectivity index (χ4v) is 1.41. The van der Waals surface area contributed by atoms with E-state index in [9.17, 15) is 0 Å². The van der Waals surface area contributed by atoms with Gasteiger partial charge in [-0.15, -0.1) is 0 Å². The number of ether oxygens (including phenoxy) is 1. The van der Waals surface area contributed by atoms with Gasteiger partial charge in [-0.3, -0.25) is 4.84 Å². The van der Waals surface area contributed by atoms with Gasteiger partial charge in [0.2, 0.25) is 0 Å². The fraction of sp³-hybridized carbons (Fsp3) is 0.400. The van der Waals surface area contributed by atoms with Gasteiger partial charge < -0.3 is 4.74 Å². The largest absolute Gasteiger partial charge is 0.380 e. The molecule has 1 heterocycles. The minimum atomic E-state index is 0.474. The second kappa shape index (κ2) is 3.87. The molecule has 0 aliphatic carbocycles. The van der Waals surface area contributed by atoms with Gasteiger partial charge in [-0.05, 0) is 11.1 Å². The molecule has 3 nitrogen and oxygen atoms in total. The summed E-state index contributed by atoms with van der Waals surface area (Å²) in [6.07, 6.45) is 0. The Morgan fingerprint density at radius 2 is 2.00 bits per heavy atom. The van der Waals surface area contributed by atoms with E-state index in [1.165, 1.54) is 5.56 Å². The molecule has 1 aromatic rings. The van der Waals surface area contributed by atoms with E-state index in [0.29, 0.717) is 12.5 Å². The van der Waals surface area contributed by atoms with Crippen LogP contribution in [0.5, 0.6) is 0 Å². The number of hydrogen-bond acceptors (Lipinski definition) is 3. The van der Waals surface area contributed by atoms with E-state index in [1.807, 2.05) is 12.1 Å². The molecule has 0 aromatic heterocycles. The van der Waals surface area contributed by atoms with Crippen LogP contribution in [0.3, 0.4) is 0 Å². The molecule has 2 rings (SSSR count). The van der Waals surface area contributed by atoms with Crippen molar-refractivity contribution in [2.45, 2.75) is 12.5 Å². The third-order valence-corrected chi connectivity index (χ3v) is 2.34. The maximum absolute atomic E-state index is 5.12. The standard InChI is InChI=1S/C10H13NO2/c11-13-5-8-1-3-9(4-2-8)10-6-12-7-10/h1-4,10H,5-7,11H2. The predicted octanol–water partition coefficient (Wildman–Crippen LogP) is 1.19. The van der Waals surface area contributed by atoms with Crippen molar-refractivity contribution >= 4 is 0 Å². The van der Waals surface area contributed by atoms with Crippen LogP contribution in [0.1, 0.15) is 17.0 Å². The summed E-state index contributed by atoms with van der Waals surface area (Å²) in [5.74, 6) is 5.57. The molecule has 0 saturated carbocycles. The number of hydrogen-bond donors (Lipinski definition) is 1. The van der Waals surface area contributed by atoms with Crippen LogP contribution >= 0.6 is 0 Å². The van der Waals surface area contributed by atoms with Crippen molar-refractivity contribution in [3.8, 4) is 0 Å². The van der Waals surface area contributed by atoms with Crippen LogP contribution in [0.15, 0.2) is 24.3 Å². The lowest BCUT2D eigenvalue weighted by molar-refractivity contribution is 0.00840.